The second-order valence-corrected chi connectivity index (χ2v) is 3.17. The summed E-state index contributed by atoms with van der Waals surface area (Å²) < 4.78 is 37.4. The molecule has 15 heavy (non-hydrogen) atoms. The van der Waals surface area contributed by atoms with E-state index in [4.69, 9.17) is 5.11 Å². The Morgan fingerprint density at radius 1 is 1.33 bits per heavy atom. The highest BCUT2D eigenvalue weighted by Crippen LogP contribution is 2.36. The summed E-state index contributed by atoms with van der Waals surface area (Å²) in [5, 5.41) is 8.57. The maximum Gasteiger partial charge on any atom is 0.406 e. The van der Waals surface area contributed by atoms with E-state index in [1.54, 1.807) is 6.07 Å². The molecule has 0 radical (unpaired) electrons. The van der Waals surface area contributed by atoms with Gasteiger partial charge in [-0.25, -0.2) is 0 Å². The van der Waals surface area contributed by atoms with Crippen molar-refractivity contribution in [3.05, 3.63) is 35.4 Å². The normalized spacial score (nSPS) is 13.6. The van der Waals surface area contributed by atoms with Gasteiger partial charge in [0.05, 0.1) is 0 Å². The highest BCUT2D eigenvalue weighted by Gasteiger charge is 2.46. The summed E-state index contributed by atoms with van der Waals surface area (Å²) in [6.07, 6.45) is -4.77. The molecule has 1 aromatic carbocycles. The Bertz CT molecular complexity index is 371. The first-order valence-electron chi connectivity index (χ1n) is 4.19. The molecule has 0 heterocycles. The molecule has 0 saturated heterocycles. The molecule has 0 spiro atoms. The number of rotatable bonds is 2. The van der Waals surface area contributed by atoms with Gasteiger partial charge >= 0.3 is 12.1 Å². The van der Waals surface area contributed by atoms with Crippen molar-refractivity contribution in [2.45, 2.75) is 19.0 Å². The van der Waals surface area contributed by atoms with E-state index in [-0.39, 0.29) is 5.56 Å². The number of carbonyl (C=O) groups is 1. The van der Waals surface area contributed by atoms with Crippen LogP contribution >= 0.6 is 0 Å². The van der Waals surface area contributed by atoms with Crippen molar-refractivity contribution in [3.63, 3.8) is 0 Å². The molecule has 0 amide bonds. The number of benzene rings is 1. The van der Waals surface area contributed by atoms with E-state index in [1.807, 2.05) is 0 Å². The van der Waals surface area contributed by atoms with E-state index in [1.165, 1.54) is 25.1 Å². The van der Waals surface area contributed by atoms with Crippen LogP contribution in [0.5, 0.6) is 0 Å². The van der Waals surface area contributed by atoms with Crippen LogP contribution in [-0.2, 0) is 4.79 Å². The van der Waals surface area contributed by atoms with E-state index in [0.717, 1.165) is 0 Å². The Morgan fingerprint density at radius 3 is 2.27 bits per heavy atom. The molecule has 0 aliphatic heterocycles. The zero-order chi connectivity index (χ0) is 11.6. The number of aryl methyl sites for hydroxylation is 1. The van der Waals surface area contributed by atoms with Crippen LogP contribution in [0, 0.1) is 6.92 Å². The van der Waals surface area contributed by atoms with E-state index in [0.29, 0.717) is 5.56 Å². The van der Waals surface area contributed by atoms with E-state index in [9.17, 15) is 18.0 Å². The molecule has 1 aromatic rings. The third-order valence-electron chi connectivity index (χ3n) is 2.07. The summed E-state index contributed by atoms with van der Waals surface area (Å²) in [6.45, 7) is 1.46. The number of hydrogen-bond acceptors (Lipinski definition) is 1. The second kappa shape index (κ2) is 3.92. The fraction of sp³-hybridized carbons (Fsp3) is 0.300. The third-order valence-corrected chi connectivity index (χ3v) is 2.07. The molecule has 1 rings (SSSR count). The van der Waals surface area contributed by atoms with Crippen LogP contribution in [0.3, 0.4) is 0 Å². The van der Waals surface area contributed by atoms with Crippen LogP contribution in [0.15, 0.2) is 24.3 Å². The van der Waals surface area contributed by atoms with E-state index in [2.05, 4.69) is 0 Å². The smallest absolute Gasteiger partial charge is 0.406 e. The quantitative estimate of drug-likeness (QED) is 0.828. The molecular formula is C10H9F3O2. The van der Waals surface area contributed by atoms with Gasteiger partial charge in [0.1, 0.15) is 0 Å². The van der Waals surface area contributed by atoms with Crippen molar-refractivity contribution in [1.82, 2.24) is 0 Å². The summed E-state index contributed by atoms with van der Waals surface area (Å²) in [7, 11) is 0. The van der Waals surface area contributed by atoms with Gasteiger partial charge < -0.3 is 5.11 Å². The SMILES string of the molecule is Cc1ccccc1C(C(=O)O)C(F)(F)F. The van der Waals surface area contributed by atoms with E-state index < -0.39 is 18.1 Å². The molecule has 1 atom stereocenters. The van der Waals surface area contributed by atoms with Crippen LogP contribution in [0.1, 0.15) is 17.0 Å². The lowest BCUT2D eigenvalue weighted by molar-refractivity contribution is -0.176. The fourth-order valence-corrected chi connectivity index (χ4v) is 1.36. The third kappa shape index (κ3) is 2.49. The van der Waals surface area contributed by atoms with Crippen molar-refractivity contribution in [2.75, 3.05) is 0 Å². The number of aliphatic carboxylic acids is 1. The van der Waals surface area contributed by atoms with Gasteiger partial charge in [0.15, 0.2) is 5.92 Å². The van der Waals surface area contributed by atoms with Gasteiger partial charge in [-0.05, 0) is 18.1 Å². The summed E-state index contributed by atoms with van der Waals surface area (Å²) in [5.74, 6) is -4.32. The highest BCUT2D eigenvalue weighted by molar-refractivity contribution is 5.77. The van der Waals surface area contributed by atoms with Crippen LogP contribution in [0.4, 0.5) is 13.2 Å². The van der Waals surface area contributed by atoms with Gasteiger partial charge in [-0.3, -0.25) is 4.79 Å². The zero-order valence-corrected chi connectivity index (χ0v) is 7.88. The summed E-state index contributed by atoms with van der Waals surface area (Å²) in [6, 6.07) is 5.59. The fourth-order valence-electron chi connectivity index (χ4n) is 1.36. The molecule has 1 unspecified atom stereocenters. The lowest BCUT2D eigenvalue weighted by atomic mass is 9.94. The molecule has 5 heteroatoms. The predicted octanol–water partition coefficient (Wildman–Crippen LogP) is 2.73. The summed E-state index contributed by atoms with van der Waals surface area (Å²) in [5.41, 5.74) is 0.111. The van der Waals surface area contributed by atoms with Gasteiger partial charge in [-0.1, -0.05) is 24.3 Å². The van der Waals surface area contributed by atoms with Gasteiger partial charge in [-0.15, -0.1) is 0 Å². The molecule has 1 N–H and O–H groups in total. The van der Waals surface area contributed by atoms with Crippen LogP contribution in [0.2, 0.25) is 0 Å². The Morgan fingerprint density at radius 2 is 1.87 bits per heavy atom. The molecule has 0 saturated carbocycles. The van der Waals surface area contributed by atoms with Crippen molar-refractivity contribution in [2.24, 2.45) is 0 Å². The lowest BCUT2D eigenvalue weighted by Gasteiger charge is -2.18. The van der Waals surface area contributed by atoms with Gasteiger partial charge in [0.2, 0.25) is 0 Å². The number of halogens is 3. The first-order valence-corrected chi connectivity index (χ1v) is 4.19. The lowest BCUT2D eigenvalue weighted by Crippen LogP contribution is -2.28. The first kappa shape index (κ1) is 11.6. The minimum Gasteiger partial charge on any atom is -0.481 e. The largest absolute Gasteiger partial charge is 0.481 e. The average molecular weight is 218 g/mol. The Hall–Kier alpha value is -1.52. The average Bonchev–Trinajstić information content (AvgIpc) is 2.05. The maximum absolute atomic E-state index is 12.5. The molecule has 0 aliphatic carbocycles. The number of carboxylic acid groups (broad SMARTS) is 1. The first-order chi connectivity index (χ1) is 6.84. The Kier molecular flexibility index (Phi) is 3.02. The Labute approximate surface area is 84.3 Å². The van der Waals surface area contributed by atoms with Crippen molar-refractivity contribution < 1.29 is 23.1 Å². The molecule has 82 valence electrons. The van der Waals surface area contributed by atoms with Crippen LogP contribution in [-0.4, -0.2) is 17.3 Å². The minimum atomic E-state index is -4.77. The topological polar surface area (TPSA) is 37.3 Å². The molecule has 2 nitrogen and oxygen atoms in total. The molecule has 0 aromatic heterocycles. The number of carboxylic acids is 1. The minimum absolute atomic E-state index is 0.211. The standard InChI is InChI=1S/C10H9F3O2/c1-6-4-2-3-5-7(6)8(9(14)15)10(11,12)13/h2-5,8H,1H3,(H,14,15). The van der Waals surface area contributed by atoms with Crippen molar-refractivity contribution in [3.8, 4) is 0 Å². The van der Waals surface area contributed by atoms with Crippen molar-refractivity contribution >= 4 is 5.97 Å². The van der Waals surface area contributed by atoms with Crippen LogP contribution in [0.25, 0.3) is 0 Å². The Balaban J connectivity index is 3.23. The van der Waals surface area contributed by atoms with Gasteiger partial charge in [0, 0.05) is 0 Å². The summed E-state index contributed by atoms with van der Waals surface area (Å²) in [4.78, 5) is 10.6. The van der Waals surface area contributed by atoms with Crippen LogP contribution < -0.4 is 0 Å². The monoisotopic (exact) mass is 218 g/mol. The predicted molar refractivity (Wildman–Crippen MR) is 47.6 cm³/mol. The number of alkyl halides is 3. The highest BCUT2D eigenvalue weighted by atomic mass is 19.4. The molecule has 0 aliphatic rings. The molecule has 0 bridgehead atoms. The number of hydrogen-bond donors (Lipinski definition) is 1. The maximum atomic E-state index is 12.5. The second-order valence-electron chi connectivity index (χ2n) is 3.17. The van der Waals surface area contributed by atoms with Gasteiger partial charge in [0.25, 0.3) is 0 Å². The van der Waals surface area contributed by atoms with E-state index >= 15 is 0 Å². The molecular weight excluding hydrogens is 209 g/mol. The van der Waals surface area contributed by atoms with Gasteiger partial charge in [-0.2, -0.15) is 13.2 Å². The zero-order valence-electron chi connectivity index (χ0n) is 7.88. The summed E-state index contributed by atoms with van der Waals surface area (Å²) >= 11 is 0. The van der Waals surface area contributed by atoms with Crippen molar-refractivity contribution in [1.29, 1.82) is 0 Å². The molecule has 0 fully saturated rings.